The molecule has 0 radical (unpaired) electrons. The number of hydrogen-bond acceptors (Lipinski definition) is 3. The Balaban J connectivity index is 2.44. The highest BCUT2D eigenvalue weighted by molar-refractivity contribution is 5.42. The van der Waals surface area contributed by atoms with Crippen molar-refractivity contribution >= 4 is 0 Å². The summed E-state index contributed by atoms with van der Waals surface area (Å²) in [5, 5.41) is 8.95. The number of hydrogen-bond donors (Lipinski definition) is 0. The number of nitrogens with zero attached hydrogens (tertiary/aromatic N) is 2. The Labute approximate surface area is 110 Å². The highest BCUT2D eigenvalue weighted by atomic mass is 16.5. The van der Waals surface area contributed by atoms with Crippen LogP contribution in [0.5, 0.6) is 5.75 Å². The molecule has 0 amide bonds. The van der Waals surface area contributed by atoms with Crippen molar-refractivity contribution < 1.29 is 4.74 Å². The van der Waals surface area contributed by atoms with Gasteiger partial charge in [0.2, 0.25) is 0 Å². The van der Waals surface area contributed by atoms with Gasteiger partial charge in [-0.25, -0.2) is 0 Å². The molecule has 3 nitrogen and oxygen atoms in total. The molecule has 3 heteroatoms. The van der Waals surface area contributed by atoms with Crippen molar-refractivity contribution in [3.63, 3.8) is 0 Å². The summed E-state index contributed by atoms with van der Waals surface area (Å²) in [6.07, 6.45) is 2.31. The fourth-order valence-corrected chi connectivity index (χ4v) is 2.08. The van der Waals surface area contributed by atoms with Crippen molar-refractivity contribution in [2.24, 2.45) is 0 Å². The van der Waals surface area contributed by atoms with Crippen LogP contribution in [0.3, 0.4) is 0 Å². The van der Waals surface area contributed by atoms with E-state index in [0.717, 1.165) is 19.4 Å². The molecule has 98 valence electrons. The number of nitriles is 1. The second-order valence-corrected chi connectivity index (χ2v) is 4.41. The SMILES string of the molecule is CCC(CC)N(C)CCOc1ccccc1C#N. The van der Waals surface area contributed by atoms with Gasteiger partial charge in [-0.2, -0.15) is 5.26 Å². The lowest BCUT2D eigenvalue weighted by Gasteiger charge is -2.25. The van der Waals surface area contributed by atoms with E-state index < -0.39 is 0 Å². The normalized spacial score (nSPS) is 10.7. The molecule has 0 N–H and O–H groups in total. The molecular formula is C15H22N2O. The molecule has 1 aromatic carbocycles. The Morgan fingerprint density at radius 3 is 2.56 bits per heavy atom. The Hall–Kier alpha value is -1.53. The van der Waals surface area contributed by atoms with Crippen molar-refractivity contribution in [3.05, 3.63) is 29.8 Å². The molecule has 0 fully saturated rings. The quantitative estimate of drug-likeness (QED) is 0.742. The van der Waals surface area contributed by atoms with E-state index in [-0.39, 0.29) is 0 Å². The van der Waals surface area contributed by atoms with Gasteiger partial charge in [-0.1, -0.05) is 26.0 Å². The lowest BCUT2D eigenvalue weighted by molar-refractivity contribution is 0.183. The predicted octanol–water partition coefficient (Wildman–Crippen LogP) is 3.06. The van der Waals surface area contributed by atoms with Gasteiger partial charge in [0, 0.05) is 12.6 Å². The van der Waals surface area contributed by atoms with Gasteiger partial charge >= 0.3 is 0 Å². The first kappa shape index (κ1) is 14.5. The van der Waals surface area contributed by atoms with Gasteiger partial charge in [-0.05, 0) is 32.0 Å². The fraction of sp³-hybridized carbons (Fsp3) is 0.533. The predicted molar refractivity (Wildman–Crippen MR) is 73.7 cm³/mol. The molecule has 0 aliphatic heterocycles. The zero-order valence-corrected chi connectivity index (χ0v) is 11.5. The van der Waals surface area contributed by atoms with Crippen LogP contribution in [0.15, 0.2) is 24.3 Å². The van der Waals surface area contributed by atoms with E-state index in [1.54, 1.807) is 6.07 Å². The molecular weight excluding hydrogens is 224 g/mol. The van der Waals surface area contributed by atoms with E-state index in [1.165, 1.54) is 0 Å². The maximum atomic E-state index is 8.95. The van der Waals surface area contributed by atoms with Crippen LogP contribution in [0.4, 0.5) is 0 Å². The zero-order chi connectivity index (χ0) is 13.4. The second-order valence-electron chi connectivity index (χ2n) is 4.41. The van der Waals surface area contributed by atoms with Crippen LogP contribution in [0.1, 0.15) is 32.3 Å². The van der Waals surface area contributed by atoms with Crippen LogP contribution >= 0.6 is 0 Å². The number of likely N-dealkylation sites (N-methyl/N-ethyl adjacent to an activating group) is 1. The average molecular weight is 246 g/mol. The van der Waals surface area contributed by atoms with E-state index in [4.69, 9.17) is 10.00 Å². The number of para-hydroxylation sites is 1. The molecule has 0 aliphatic carbocycles. The summed E-state index contributed by atoms with van der Waals surface area (Å²) in [6, 6.07) is 10.1. The number of ether oxygens (including phenoxy) is 1. The van der Waals surface area contributed by atoms with E-state index in [9.17, 15) is 0 Å². The maximum absolute atomic E-state index is 8.95. The average Bonchev–Trinajstić information content (AvgIpc) is 2.40. The molecule has 1 rings (SSSR count). The molecule has 0 saturated carbocycles. The Bertz CT molecular complexity index is 394. The second kappa shape index (κ2) is 7.73. The first-order chi connectivity index (χ1) is 8.72. The van der Waals surface area contributed by atoms with Crippen molar-refractivity contribution in [1.29, 1.82) is 5.26 Å². The van der Waals surface area contributed by atoms with Gasteiger partial charge < -0.3 is 9.64 Å². The third kappa shape index (κ3) is 4.05. The van der Waals surface area contributed by atoms with Crippen LogP contribution in [0.2, 0.25) is 0 Å². The lowest BCUT2D eigenvalue weighted by atomic mass is 10.1. The smallest absolute Gasteiger partial charge is 0.137 e. The summed E-state index contributed by atoms with van der Waals surface area (Å²) < 4.78 is 5.67. The van der Waals surface area contributed by atoms with Crippen LogP contribution in [-0.4, -0.2) is 31.1 Å². The maximum Gasteiger partial charge on any atom is 0.137 e. The summed E-state index contributed by atoms with van der Waals surface area (Å²) in [5.74, 6) is 0.679. The molecule has 0 spiro atoms. The molecule has 0 aliphatic rings. The largest absolute Gasteiger partial charge is 0.491 e. The number of benzene rings is 1. The Kier molecular flexibility index (Phi) is 6.24. The first-order valence-electron chi connectivity index (χ1n) is 6.55. The molecule has 0 aromatic heterocycles. The van der Waals surface area contributed by atoms with E-state index in [1.807, 2.05) is 18.2 Å². The molecule has 18 heavy (non-hydrogen) atoms. The summed E-state index contributed by atoms with van der Waals surface area (Å²) in [6.45, 7) is 5.91. The van der Waals surface area contributed by atoms with Gasteiger partial charge in [-0.15, -0.1) is 0 Å². The van der Waals surface area contributed by atoms with Crippen LogP contribution in [0, 0.1) is 11.3 Å². The highest BCUT2D eigenvalue weighted by Crippen LogP contribution is 2.16. The third-order valence-electron chi connectivity index (χ3n) is 3.27. The van der Waals surface area contributed by atoms with Crippen molar-refractivity contribution in [1.82, 2.24) is 4.90 Å². The zero-order valence-electron chi connectivity index (χ0n) is 11.5. The molecule has 1 aromatic rings. The first-order valence-corrected chi connectivity index (χ1v) is 6.55. The third-order valence-corrected chi connectivity index (χ3v) is 3.27. The van der Waals surface area contributed by atoms with E-state index in [2.05, 4.69) is 31.9 Å². The molecule has 0 heterocycles. The van der Waals surface area contributed by atoms with Crippen molar-refractivity contribution in [2.45, 2.75) is 32.7 Å². The monoisotopic (exact) mass is 246 g/mol. The molecule has 0 unspecified atom stereocenters. The van der Waals surface area contributed by atoms with Crippen LogP contribution < -0.4 is 4.74 Å². The van der Waals surface area contributed by atoms with Gasteiger partial charge in [-0.3, -0.25) is 0 Å². The van der Waals surface area contributed by atoms with Crippen LogP contribution in [0.25, 0.3) is 0 Å². The molecule has 0 bridgehead atoms. The fourth-order valence-electron chi connectivity index (χ4n) is 2.08. The van der Waals surface area contributed by atoms with Crippen molar-refractivity contribution in [3.8, 4) is 11.8 Å². The molecule has 0 saturated heterocycles. The van der Waals surface area contributed by atoms with Gasteiger partial charge in [0.05, 0.1) is 5.56 Å². The number of rotatable bonds is 7. The minimum atomic E-state index is 0.600. The summed E-state index contributed by atoms with van der Waals surface area (Å²) >= 11 is 0. The van der Waals surface area contributed by atoms with E-state index >= 15 is 0 Å². The molecule has 0 atom stereocenters. The topological polar surface area (TPSA) is 36.3 Å². The summed E-state index contributed by atoms with van der Waals surface area (Å²) in [4.78, 5) is 2.31. The summed E-state index contributed by atoms with van der Waals surface area (Å²) in [7, 11) is 2.12. The van der Waals surface area contributed by atoms with Gasteiger partial charge in [0.15, 0.2) is 0 Å². The standard InChI is InChI=1S/C15H22N2O/c1-4-14(5-2)17(3)10-11-18-15-9-7-6-8-13(15)12-16/h6-9,14H,4-5,10-11H2,1-3H3. The minimum Gasteiger partial charge on any atom is -0.491 e. The minimum absolute atomic E-state index is 0.600. The van der Waals surface area contributed by atoms with Crippen LogP contribution in [-0.2, 0) is 0 Å². The Morgan fingerprint density at radius 1 is 1.28 bits per heavy atom. The van der Waals surface area contributed by atoms with Crippen molar-refractivity contribution in [2.75, 3.05) is 20.2 Å². The Morgan fingerprint density at radius 2 is 1.94 bits per heavy atom. The van der Waals surface area contributed by atoms with E-state index in [0.29, 0.717) is 24.0 Å². The van der Waals surface area contributed by atoms with Gasteiger partial charge in [0.1, 0.15) is 18.4 Å². The van der Waals surface area contributed by atoms with Gasteiger partial charge in [0.25, 0.3) is 0 Å². The lowest BCUT2D eigenvalue weighted by Crippen LogP contribution is -2.34. The summed E-state index contributed by atoms with van der Waals surface area (Å²) in [5.41, 5.74) is 0.600. The highest BCUT2D eigenvalue weighted by Gasteiger charge is 2.10.